The van der Waals surface area contributed by atoms with Gasteiger partial charge in [-0.25, -0.2) is 8.42 Å². The normalized spacial score (nSPS) is 12.7. The molecule has 1 aromatic carbocycles. The zero-order chi connectivity index (χ0) is 15.5. The molecule has 0 bridgehead atoms. The zero-order valence-electron chi connectivity index (χ0n) is 12.9. The molecule has 0 aromatic heterocycles. The van der Waals surface area contributed by atoms with Crippen LogP contribution >= 0.6 is 0 Å². The number of nitrogens with zero attached hydrogens (tertiary/aromatic N) is 1. The van der Waals surface area contributed by atoms with E-state index in [1.165, 1.54) is 4.31 Å². The average molecular weight is 299 g/mol. The molecule has 114 valence electrons. The highest BCUT2D eigenvalue weighted by atomic mass is 32.2. The first-order valence-electron chi connectivity index (χ1n) is 6.93. The fourth-order valence-electron chi connectivity index (χ4n) is 2.18. The Morgan fingerprint density at radius 3 is 2.25 bits per heavy atom. The van der Waals surface area contributed by atoms with Gasteiger partial charge in [-0.05, 0) is 43.9 Å². The van der Waals surface area contributed by atoms with Crippen molar-refractivity contribution in [3.05, 3.63) is 29.3 Å². The van der Waals surface area contributed by atoms with Gasteiger partial charge in [-0.1, -0.05) is 26.0 Å². The molecule has 0 aliphatic carbocycles. The minimum Gasteiger partial charge on any atom is -0.392 e. The number of hydrogen-bond donors (Lipinski definition) is 1. The number of aliphatic hydroxyl groups is 1. The summed E-state index contributed by atoms with van der Waals surface area (Å²) in [7, 11) is -3.54. The first kappa shape index (κ1) is 17.1. The van der Waals surface area contributed by atoms with Gasteiger partial charge in [0.15, 0.2) is 0 Å². The summed E-state index contributed by atoms with van der Waals surface area (Å²) < 4.78 is 27.2. The molecular weight excluding hydrogens is 274 g/mol. The lowest BCUT2D eigenvalue weighted by Gasteiger charge is -2.28. The van der Waals surface area contributed by atoms with Crippen LogP contribution in [0.1, 0.15) is 38.8 Å². The molecule has 0 spiro atoms. The predicted molar refractivity (Wildman–Crippen MR) is 81.0 cm³/mol. The first-order valence-corrected chi connectivity index (χ1v) is 8.37. The molecule has 0 heterocycles. The highest BCUT2D eigenvalue weighted by Gasteiger charge is 2.29. The lowest BCUT2D eigenvalue weighted by atomic mass is 10.1. The van der Waals surface area contributed by atoms with E-state index in [0.717, 1.165) is 0 Å². The van der Waals surface area contributed by atoms with Gasteiger partial charge in [-0.2, -0.15) is 4.31 Å². The summed E-state index contributed by atoms with van der Waals surface area (Å²) >= 11 is 0. The maximum Gasteiger partial charge on any atom is 0.243 e. The van der Waals surface area contributed by atoms with Crippen molar-refractivity contribution in [3.63, 3.8) is 0 Å². The van der Waals surface area contributed by atoms with Crippen molar-refractivity contribution in [2.75, 3.05) is 6.54 Å². The molecule has 4 nitrogen and oxygen atoms in total. The maximum absolute atomic E-state index is 12.8. The number of sulfonamides is 1. The largest absolute Gasteiger partial charge is 0.392 e. The molecule has 0 aliphatic rings. The zero-order valence-corrected chi connectivity index (χ0v) is 13.7. The van der Waals surface area contributed by atoms with Gasteiger partial charge in [0.1, 0.15) is 0 Å². The van der Waals surface area contributed by atoms with Gasteiger partial charge in [-0.3, -0.25) is 0 Å². The number of rotatable bonds is 6. The van der Waals surface area contributed by atoms with E-state index in [1.807, 2.05) is 27.7 Å². The highest BCUT2D eigenvalue weighted by molar-refractivity contribution is 7.89. The van der Waals surface area contributed by atoms with Crippen LogP contribution in [0.15, 0.2) is 23.1 Å². The van der Waals surface area contributed by atoms with Crippen LogP contribution in [0, 0.1) is 12.8 Å². The highest BCUT2D eigenvalue weighted by Crippen LogP contribution is 2.25. The SMILES string of the molecule is Cc1c(CO)cccc1S(=O)(=O)N(CC(C)C)C(C)C. The molecule has 0 saturated carbocycles. The molecule has 5 heteroatoms. The Morgan fingerprint density at radius 1 is 1.20 bits per heavy atom. The Balaban J connectivity index is 3.34. The van der Waals surface area contributed by atoms with Crippen molar-refractivity contribution in [2.24, 2.45) is 5.92 Å². The molecule has 0 saturated heterocycles. The monoisotopic (exact) mass is 299 g/mol. The molecule has 0 fully saturated rings. The average Bonchev–Trinajstić information content (AvgIpc) is 2.35. The predicted octanol–water partition coefficient (Wildman–Crippen LogP) is 2.54. The van der Waals surface area contributed by atoms with Crippen LogP contribution < -0.4 is 0 Å². The van der Waals surface area contributed by atoms with Crippen LogP contribution in [-0.2, 0) is 16.6 Å². The Hall–Kier alpha value is -0.910. The summed E-state index contributed by atoms with van der Waals surface area (Å²) in [4.78, 5) is 0.290. The molecule has 0 unspecified atom stereocenters. The van der Waals surface area contributed by atoms with Crippen LogP contribution in [0.3, 0.4) is 0 Å². The van der Waals surface area contributed by atoms with Gasteiger partial charge in [0, 0.05) is 12.6 Å². The second kappa shape index (κ2) is 6.70. The van der Waals surface area contributed by atoms with Crippen molar-refractivity contribution >= 4 is 10.0 Å². The van der Waals surface area contributed by atoms with Crippen LogP contribution in [0.4, 0.5) is 0 Å². The van der Waals surface area contributed by atoms with E-state index in [0.29, 0.717) is 22.6 Å². The summed E-state index contributed by atoms with van der Waals surface area (Å²) in [5.41, 5.74) is 1.28. The summed E-state index contributed by atoms with van der Waals surface area (Å²) in [5.74, 6) is 0.258. The van der Waals surface area contributed by atoms with E-state index in [1.54, 1.807) is 25.1 Å². The van der Waals surface area contributed by atoms with Gasteiger partial charge < -0.3 is 5.11 Å². The molecule has 1 rings (SSSR count). The third-order valence-electron chi connectivity index (χ3n) is 3.27. The van der Waals surface area contributed by atoms with E-state index in [9.17, 15) is 13.5 Å². The molecule has 0 atom stereocenters. The minimum atomic E-state index is -3.54. The topological polar surface area (TPSA) is 57.6 Å². The van der Waals surface area contributed by atoms with Crippen LogP contribution in [0.5, 0.6) is 0 Å². The molecule has 0 radical (unpaired) electrons. The molecule has 1 N–H and O–H groups in total. The Labute approximate surface area is 122 Å². The minimum absolute atomic E-state index is 0.0976. The van der Waals surface area contributed by atoms with E-state index < -0.39 is 10.0 Å². The number of aliphatic hydroxyl groups excluding tert-OH is 1. The summed E-state index contributed by atoms with van der Waals surface area (Å²) in [6, 6.07) is 4.94. The van der Waals surface area contributed by atoms with Crippen molar-refractivity contribution in [1.82, 2.24) is 4.31 Å². The van der Waals surface area contributed by atoms with Crippen LogP contribution in [-0.4, -0.2) is 30.4 Å². The van der Waals surface area contributed by atoms with Crippen LogP contribution in [0.2, 0.25) is 0 Å². The van der Waals surface area contributed by atoms with Crippen molar-refractivity contribution in [3.8, 4) is 0 Å². The lowest BCUT2D eigenvalue weighted by molar-refractivity contribution is 0.280. The van der Waals surface area contributed by atoms with Crippen LogP contribution in [0.25, 0.3) is 0 Å². The number of benzene rings is 1. The molecular formula is C15H25NO3S. The first-order chi connectivity index (χ1) is 9.21. The standard InChI is InChI=1S/C15H25NO3S/c1-11(2)9-16(12(3)4)20(18,19)15-8-6-7-14(10-17)13(15)5/h6-8,11-12,17H,9-10H2,1-5H3. The third-order valence-corrected chi connectivity index (χ3v) is 5.46. The van der Waals surface area contributed by atoms with Gasteiger partial charge in [-0.15, -0.1) is 0 Å². The molecule has 0 aliphatic heterocycles. The van der Waals surface area contributed by atoms with Crippen molar-refractivity contribution < 1.29 is 13.5 Å². The summed E-state index contributed by atoms with van der Waals surface area (Å²) in [5, 5.41) is 9.29. The van der Waals surface area contributed by atoms with Gasteiger partial charge in [0.05, 0.1) is 11.5 Å². The fourth-order valence-corrected chi connectivity index (χ4v) is 4.25. The van der Waals surface area contributed by atoms with Crippen molar-refractivity contribution in [2.45, 2.75) is 52.2 Å². The maximum atomic E-state index is 12.8. The summed E-state index contributed by atoms with van der Waals surface area (Å²) in [6.45, 7) is 9.84. The molecule has 20 heavy (non-hydrogen) atoms. The number of hydrogen-bond acceptors (Lipinski definition) is 3. The van der Waals surface area contributed by atoms with E-state index in [-0.39, 0.29) is 18.6 Å². The molecule has 1 aromatic rings. The smallest absolute Gasteiger partial charge is 0.243 e. The lowest BCUT2D eigenvalue weighted by Crippen LogP contribution is -2.39. The van der Waals surface area contributed by atoms with E-state index in [4.69, 9.17) is 0 Å². The quantitative estimate of drug-likeness (QED) is 0.878. The van der Waals surface area contributed by atoms with Crippen molar-refractivity contribution in [1.29, 1.82) is 0 Å². The van der Waals surface area contributed by atoms with E-state index in [2.05, 4.69) is 0 Å². The fraction of sp³-hybridized carbons (Fsp3) is 0.600. The summed E-state index contributed by atoms with van der Waals surface area (Å²) in [6.07, 6.45) is 0. The van der Waals surface area contributed by atoms with Gasteiger partial charge in [0.2, 0.25) is 10.0 Å². The van der Waals surface area contributed by atoms with Gasteiger partial charge >= 0.3 is 0 Å². The Bertz CT molecular complexity index is 550. The van der Waals surface area contributed by atoms with Gasteiger partial charge in [0.25, 0.3) is 0 Å². The molecule has 0 amide bonds. The third kappa shape index (κ3) is 3.59. The Kier molecular flexibility index (Phi) is 5.74. The Morgan fingerprint density at radius 2 is 1.80 bits per heavy atom. The second-order valence-electron chi connectivity index (χ2n) is 5.76. The van der Waals surface area contributed by atoms with E-state index >= 15 is 0 Å². The second-order valence-corrected chi connectivity index (χ2v) is 7.62.